The van der Waals surface area contributed by atoms with Crippen molar-refractivity contribution in [3.05, 3.63) is 48.8 Å². The number of rotatable bonds is 8. The Labute approximate surface area is 135 Å². The van der Waals surface area contributed by atoms with Crippen LogP contribution in [0.15, 0.2) is 48.8 Å². The third-order valence-electron chi connectivity index (χ3n) is 3.18. The Hall–Kier alpha value is -2.40. The van der Waals surface area contributed by atoms with E-state index in [1.165, 1.54) is 0 Å². The molecule has 122 valence electrons. The quantitative estimate of drug-likeness (QED) is 0.553. The van der Waals surface area contributed by atoms with Gasteiger partial charge >= 0.3 is 5.97 Å². The van der Waals surface area contributed by atoms with E-state index in [2.05, 4.69) is 11.6 Å². The first-order chi connectivity index (χ1) is 11.1. The molecule has 2 aromatic rings. The summed E-state index contributed by atoms with van der Waals surface area (Å²) in [5, 5.41) is 2.08. The summed E-state index contributed by atoms with van der Waals surface area (Å²) in [5.74, 6) is 0.263. The molecule has 0 spiro atoms. The molecule has 0 bridgehead atoms. The molecule has 0 amide bonds. The van der Waals surface area contributed by atoms with Crippen LogP contribution in [0.2, 0.25) is 0 Å². The van der Waals surface area contributed by atoms with Crippen molar-refractivity contribution in [1.82, 2.24) is 4.98 Å². The lowest BCUT2D eigenvalue weighted by atomic mass is 10.2. The number of esters is 1. The number of carbonyl (C=O) groups excluding carboxylic acids is 1. The number of nitrogens with zero attached hydrogens (tertiary/aromatic N) is 1. The second-order valence-corrected chi connectivity index (χ2v) is 5.16. The molecule has 2 rings (SSSR count). The van der Waals surface area contributed by atoms with E-state index in [1.54, 1.807) is 19.3 Å². The molecule has 0 aliphatic heterocycles. The molecule has 5 nitrogen and oxygen atoms in total. The summed E-state index contributed by atoms with van der Waals surface area (Å²) >= 11 is 0. The number of carbonyl (C=O) groups is 1. The Kier molecular flexibility index (Phi) is 6.11. The van der Waals surface area contributed by atoms with Gasteiger partial charge in [-0.2, -0.15) is 0 Å². The standard InChI is InChI=1S/C18H21NO4/c1-4-21-11-17(23-18(20)13(2)3)12-22-16-6-5-15-10-19-8-7-14(15)9-16/h5-10,17H,2,4,11-12H2,1,3H3. The molecule has 1 unspecified atom stereocenters. The number of aromatic nitrogens is 1. The van der Waals surface area contributed by atoms with Crippen LogP contribution in [0, 0.1) is 0 Å². The summed E-state index contributed by atoms with van der Waals surface area (Å²) in [5.41, 5.74) is 0.352. The van der Waals surface area contributed by atoms with E-state index in [9.17, 15) is 4.79 Å². The molecule has 0 saturated heterocycles. The van der Waals surface area contributed by atoms with Crippen LogP contribution in [0.3, 0.4) is 0 Å². The highest BCUT2D eigenvalue weighted by Gasteiger charge is 2.16. The summed E-state index contributed by atoms with van der Waals surface area (Å²) in [4.78, 5) is 15.7. The monoisotopic (exact) mass is 315 g/mol. The van der Waals surface area contributed by atoms with Gasteiger partial charge in [0, 0.05) is 30.0 Å². The third kappa shape index (κ3) is 5.07. The highest BCUT2D eigenvalue weighted by atomic mass is 16.6. The summed E-state index contributed by atoms with van der Waals surface area (Å²) in [6, 6.07) is 7.65. The van der Waals surface area contributed by atoms with Gasteiger partial charge in [-0.1, -0.05) is 6.58 Å². The molecule has 1 aromatic carbocycles. The van der Waals surface area contributed by atoms with Crippen LogP contribution in [0.4, 0.5) is 0 Å². The van der Waals surface area contributed by atoms with Gasteiger partial charge in [-0.3, -0.25) is 4.98 Å². The second kappa shape index (κ2) is 8.29. The Bertz CT molecular complexity index is 684. The Morgan fingerprint density at radius 1 is 1.26 bits per heavy atom. The molecule has 0 N–H and O–H groups in total. The van der Waals surface area contributed by atoms with Crippen LogP contribution in [0.5, 0.6) is 5.75 Å². The predicted octanol–water partition coefficient (Wildman–Crippen LogP) is 3.14. The van der Waals surface area contributed by atoms with Crippen LogP contribution < -0.4 is 4.74 Å². The summed E-state index contributed by atoms with van der Waals surface area (Å²) < 4.78 is 16.4. The Balaban J connectivity index is 2.00. The smallest absolute Gasteiger partial charge is 0.333 e. The lowest BCUT2D eigenvalue weighted by Gasteiger charge is -2.18. The molecule has 1 heterocycles. The van der Waals surface area contributed by atoms with Crippen molar-refractivity contribution >= 4 is 16.7 Å². The van der Waals surface area contributed by atoms with Gasteiger partial charge in [0.15, 0.2) is 6.10 Å². The zero-order valence-corrected chi connectivity index (χ0v) is 13.5. The van der Waals surface area contributed by atoms with Gasteiger partial charge < -0.3 is 14.2 Å². The zero-order valence-electron chi connectivity index (χ0n) is 13.5. The Morgan fingerprint density at radius 2 is 2.09 bits per heavy atom. The Morgan fingerprint density at radius 3 is 2.83 bits per heavy atom. The van der Waals surface area contributed by atoms with E-state index >= 15 is 0 Å². The van der Waals surface area contributed by atoms with Gasteiger partial charge in [0.2, 0.25) is 0 Å². The van der Waals surface area contributed by atoms with Crippen molar-refractivity contribution in [2.75, 3.05) is 19.8 Å². The van der Waals surface area contributed by atoms with Gasteiger partial charge in [0.25, 0.3) is 0 Å². The fraction of sp³-hybridized carbons (Fsp3) is 0.333. The molecule has 5 heteroatoms. The maximum Gasteiger partial charge on any atom is 0.333 e. The first-order valence-corrected chi connectivity index (χ1v) is 7.51. The first-order valence-electron chi connectivity index (χ1n) is 7.51. The van der Waals surface area contributed by atoms with E-state index in [0.717, 1.165) is 10.8 Å². The van der Waals surface area contributed by atoms with E-state index in [-0.39, 0.29) is 13.2 Å². The third-order valence-corrected chi connectivity index (χ3v) is 3.18. The molecule has 0 fully saturated rings. The van der Waals surface area contributed by atoms with Crippen molar-refractivity contribution in [3.63, 3.8) is 0 Å². The van der Waals surface area contributed by atoms with Crippen molar-refractivity contribution in [1.29, 1.82) is 0 Å². The largest absolute Gasteiger partial charge is 0.490 e. The van der Waals surface area contributed by atoms with Gasteiger partial charge in [-0.25, -0.2) is 4.79 Å². The highest BCUT2D eigenvalue weighted by molar-refractivity contribution is 5.87. The fourth-order valence-electron chi connectivity index (χ4n) is 1.96. The van der Waals surface area contributed by atoms with E-state index < -0.39 is 12.1 Å². The van der Waals surface area contributed by atoms with Gasteiger partial charge in [0.1, 0.15) is 12.4 Å². The minimum absolute atomic E-state index is 0.218. The normalized spacial score (nSPS) is 11.9. The van der Waals surface area contributed by atoms with Crippen molar-refractivity contribution in [2.45, 2.75) is 20.0 Å². The van der Waals surface area contributed by atoms with Crippen LogP contribution in [-0.4, -0.2) is 36.9 Å². The lowest BCUT2D eigenvalue weighted by molar-refractivity contribution is -0.149. The SMILES string of the molecule is C=C(C)C(=O)OC(COCC)COc1ccc2cnccc2c1. The van der Waals surface area contributed by atoms with Crippen LogP contribution >= 0.6 is 0 Å². The van der Waals surface area contributed by atoms with E-state index in [1.807, 2.05) is 31.2 Å². The summed E-state index contributed by atoms with van der Waals surface area (Å²) in [7, 11) is 0. The molecule has 0 saturated carbocycles. The van der Waals surface area contributed by atoms with Gasteiger partial charge in [-0.15, -0.1) is 0 Å². The number of ether oxygens (including phenoxy) is 3. The molecular weight excluding hydrogens is 294 g/mol. The van der Waals surface area contributed by atoms with Crippen molar-refractivity contribution in [2.24, 2.45) is 0 Å². The van der Waals surface area contributed by atoms with E-state index in [4.69, 9.17) is 14.2 Å². The topological polar surface area (TPSA) is 57.7 Å². The maximum absolute atomic E-state index is 11.7. The average Bonchev–Trinajstić information content (AvgIpc) is 2.56. The van der Waals surface area contributed by atoms with Crippen LogP contribution in [0.25, 0.3) is 10.8 Å². The number of hydrogen-bond acceptors (Lipinski definition) is 5. The highest BCUT2D eigenvalue weighted by Crippen LogP contribution is 2.20. The van der Waals surface area contributed by atoms with Crippen LogP contribution in [0.1, 0.15) is 13.8 Å². The maximum atomic E-state index is 11.7. The van der Waals surface area contributed by atoms with Gasteiger partial charge in [-0.05, 0) is 43.5 Å². The van der Waals surface area contributed by atoms with Crippen molar-refractivity contribution in [3.8, 4) is 5.75 Å². The number of fused-ring (bicyclic) bond motifs is 1. The number of benzene rings is 1. The molecule has 1 atom stereocenters. The summed E-state index contributed by atoms with van der Waals surface area (Å²) in [6.07, 6.45) is 3.05. The average molecular weight is 315 g/mol. The first kappa shape index (κ1) is 17.0. The molecule has 0 aliphatic rings. The van der Waals surface area contributed by atoms with Gasteiger partial charge in [0.05, 0.1) is 6.61 Å². The second-order valence-electron chi connectivity index (χ2n) is 5.16. The molecule has 1 aromatic heterocycles. The zero-order chi connectivity index (χ0) is 16.7. The molecule has 23 heavy (non-hydrogen) atoms. The van der Waals surface area contributed by atoms with E-state index in [0.29, 0.717) is 17.9 Å². The fourth-order valence-corrected chi connectivity index (χ4v) is 1.96. The summed E-state index contributed by atoms with van der Waals surface area (Å²) in [6.45, 7) is 8.12. The molecule has 0 radical (unpaired) electrons. The lowest BCUT2D eigenvalue weighted by Crippen LogP contribution is -2.30. The van der Waals surface area contributed by atoms with Crippen molar-refractivity contribution < 1.29 is 19.0 Å². The number of pyridine rings is 1. The minimum Gasteiger partial charge on any atom is -0.490 e. The van der Waals surface area contributed by atoms with Crippen LogP contribution in [-0.2, 0) is 14.3 Å². The molecule has 0 aliphatic carbocycles. The minimum atomic E-state index is -0.479. The predicted molar refractivity (Wildman–Crippen MR) is 88.4 cm³/mol. The molecular formula is C18H21NO4. The number of hydrogen-bond donors (Lipinski definition) is 0.